The number of carbonyl (C=O) groups excluding carboxylic acids is 1. The molecule has 0 saturated carbocycles. The van der Waals surface area contributed by atoms with Gasteiger partial charge in [-0.1, -0.05) is 17.0 Å². The van der Waals surface area contributed by atoms with Crippen LogP contribution >= 0.6 is 0 Å². The first-order valence-electron chi connectivity index (χ1n) is 11.5. The maximum atomic E-state index is 12.6. The van der Waals surface area contributed by atoms with Crippen LogP contribution in [0.25, 0.3) is 0 Å². The molecule has 0 spiro atoms. The Morgan fingerprint density at radius 3 is 2.38 bits per heavy atom. The van der Waals surface area contributed by atoms with Crippen molar-refractivity contribution >= 4 is 29.2 Å². The second kappa shape index (κ2) is 13.4. The first-order chi connectivity index (χ1) is 18.8. The highest BCUT2D eigenvalue weighted by molar-refractivity contribution is 6.67. The molecule has 0 radical (unpaired) electrons. The minimum Gasteiger partial charge on any atom is -0.493 e. The molecule has 12 nitrogen and oxygen atoms in total. The second-order valence-corrected chi connectivity index (χ2v) is 7.92. The van der Waals surface area contributed by atoms with Crippen LogP contribution in [0.3, 0.4) is 0 Å². The number of carbonyl (C=O) groups is 2. The fourth-order valence-electron chi connectivity index (χ4n) is 3.40. The molecule has 1 heterocycles. The molecule has 0 bridgehead atoms. The fourth-order valence-corrected chi connectivity index (χ4v) is 3.40. The molecule has 0 aliphatic heterocycles. The van der Waals surface area contributed by atoms with Gasteiger partial charge in [-0.05, 0) is 42.0 Å². The Hall–Kier alpha value is -5.15. The van der Waals surface area contributed by atoms with Gasteiger partial charge >= 0.3 is 5.97 Å². The number of rotatable bonds is 11. The number of methoxy groups -OCH3 is 3. The molecule has 0 aliphatic carbocycles. The van der Waals surface area contributed by atoms with E-state index < -0.39 is 17.5 Å². The Bertz CT molecular complexity index is 1440. The number of benzene rings is 2. The number of nitrogens with two attached hydrogens (primary N) is 2. The Morgan fingerprint density at radius 2 is 1.77 bits per heavy atom. The fraction of sp³-hybridized carbons (Fsp3) is 0.222. The molecule has 202 valence electrons. The van der Waals surface area contributed by atoms with Gasteiger partial charge in [0.05, 0.1) is 26.4 Å². The van der Waals surface area contributed by atoms with E-state index in [0.29, 0.717) is 34.6 Å². The van der Waals surface area contributed by atoms with Crippen LogP contribution in [0.5, 0.6) is 11.5 Å². The summed E-state index contributed by atoms with van der Waals surface area (Å²) in [7, 11) is 4.49. The van der Waals surface area contributed by atoms with Crippen molar-refractivity contribution in [3.05, 3.63) is 70.4 Å². The van der Waals surface area contributed by atoms with Crippen molar-refractivity contribution in [2.45, 2.75) is 6.42 Å². The number of hydrogen-bond acceptors (Lipinski definition) is 11. The summed E-state index contributed by atoms with van der Waals surface area (Å²) in [6.07, 6.45) is 1.97. The van der Waals surface area contributed by atoms with Crippen LogP contribution in [-0.4, -0.2) is 67.1 Å². The molecular weight excluding hydrogens is 506 g/mol. The molecule has 0 amide bonds. The van der Waals surface area contributed by atoms with E-state index in [1.807, 2.05) is 6.07 Å². The Balaban J connectivity index is 1.87. The predicted molar refractivity (Wildman–Crippen MR) is 143 cm³/mol. The SMILES string of the molecule is COCCO/N=C(/C(=O)O)C(=O)c1ccc(C#Cc2cc(Cc3cnc(N)nc3N)cc(OC)c2OC)cc1. The summed E-state index contributed by atoms with van der Waals surface area (Å²) in [6, 6.07) is 9.73. The zero-order valence-corrected chi connectivity index (χ0v) is 21.6. The molecule has 12 heteroatoms. The van der Waals surface area contributed by atoms with Gasteiger partial charge in [0.2, 0.25) is 17.4 Å². The summed E-state index contributed by atoms with van der Waals surface area (Å²) in [6.45, 7) is 0.201. The van der Waals surface area contributed by atoms with E-state index in [2.05, 4.69) is 27.0 Å². The van der Waals surface area contributed by atoms with Crippen LogP contribution in [0, 0.1) is 11.8 Å². The van der Waals surface area contributed by atoms with E-state index in [0.717, 1.165) is 5.56 Å². The molecule has 3 rings (SSSR count). The van der Waals surface area contributed by atoms with E-state index >= 15 is 0 Å². The Kier molecular flexibility index (Phi) is 9.77. The van der Waals surface area contributed by atoms with E-state index in [9.17, 15) is 14.7 Å². The third-order valence-corrected chi connectivity index (χ3v) is 5.29. The number of oxime groups is 1. The van der Waals surface area contributed by atoms with Gasteiger partial charge < -0.3 is 35.6 Å². The molecule has 1 aromatic heterocycles. The van der Waals surface area contributed by atoms with Gasteiger partial charge in [-0.25, -0.2) is 9.78 Å². The highest BCUT2D eigenvalue weighted by atomic mass is 16.6. The number of ether oxygens (including phenoxy) is 3. The lowest BCUT2D eigenvalue weighted by Crippen LogP contribution is -2.24. The lowest BCUT2D eigenvalue weighted by Gasteiger charge is -2.13. The van der Waals surface area contributed by atoms with Crippen molar-refractivity contribution in [3.63, 3.8) is 0 Å². The molecular formula is C27H27N5O7. The third-order valence-electron chi connectivity index (χ3n) is 5.29. The lowest BCUT2D eigenvalue weighted by atomic mass is 10.0. The number of carboxylic acid groups (broad SMARTS) is 1. The Morgan fingerprint density at radius 1 is 1.03 bits per heavy atom. The number of carboxylic acids is 1. The number of aliphatic carboxylic acids is 1. The van der Waals surface area contributed by atoms with Gasteiger partial charge in [-0.15, -0.1) is 0 Å². The van der Waals surface area contributed by atoms with Gasteiger partial charge in [0, 0.05) is 36.4 Å². The summed E-state index contributed by atoms with van der Waals surface area (Å²) in [5, 5.41) is 12.8. The quantitative estimate of drug-likeness (QED) is 0.0818. The van der Waals surface area contributed by atoms with Crippen molar-refractivity contribution in [3.8, 4) is 23.3 Å². The van der Waals surface area contributed by atoms with Crippen molar-refractivity contribution in [2.75, 3.05) is 46.0 Å². The smallest absolute Gasteiger partial charge is 0.362 e. The summed E-state index contributed by atoms with van der Waals surface area (Å²) < 4.78 is 15.8. The van der Waals surface area contributed by atoms with Crippen molar-refractivity contribution < 1.29 is 33.7 Å². The average molecular weight is 534 g/mol. The number of Topliss-reactive ketones (excluding diaryl/α,β-unsaturated/α-hetero) is 1. The van der Waals surface area contributed by atoms with Gasteiger partial charge in [-0.3, -0.25) is 4.79 Å². The number of hydrogen-bond donors (Lipinski definition) is 3. The molecule has 0 atom stereocenters. The minimum absolute atomic E-state index is 0.00563. The number of nitrogens with zero attached hydrogens (tertiary/aromatic N) is 3. The number of anilines is 2. The van der Waals surface area contributed by atoms with Crippen LogP contribution in [0.4, 0.5) is 11.8 Å². The van der Waals surface area contributed by atoms with Gasteiger partial charge in [0.15, 0.2) is 11.5 Å². The lowest BCUT2D eigenvalue weighted by molar-refractivity contribution is -0.129. The molecule has 0 aliphatic rings. The van der Waals surface area contributed by atoms with E-state index in [-0.39, 0.29) is 30.5 Å². The normalized spacial score (nSPS) is 10.8. The standard InChI is InChI=1S/C27H27N5O7/c1-36-10-11-39-32-22(26(34)35)23(33)18-7-4-16(5-8-18)6-9-19-12-17(14-21(37-2)24(19)38-3)13-20-15-30-27(29)31-25(20)28/h4-5,7-8,12,14-15H,10-11,13H2,1-3H3,(H,34,35)(H4,28,29,30,31)/b32-22+. The predicted octanol–water partition coefficient (Wildman–Crippen LogP) is 1.94. The van der Waals surface area contributed by atoms with Crippen molar-refractivity contribution in [1.29, 1.82) is 0 Å². The van der Waals surface area contributed by atoms with Gasteiger partial charge in [-0.2, -0.15) is 4.98 Å². The molecule has 0 unspecified atom stereocenters. The largest absolute Gasteiger partial charge is 0.493 e. The van der Waals surface area contributed by atoms with E-state index in [4.69, 9.17) is 30.5 Å². The summed E-state index contributed by atoms with van der Waals surface area (Å²) in [4.78, 5) is 36.9. The molecule has 39 heavy (non-hydrogen) atoms. The van der Waals surface area contributed by atoms with Crippen molar-refractivity contribution in [1.82, 2.24) is 9.97 Å². The third kappa shape index (κ3) is 7.43. The maximum Gasteiger partial charge on any atom is 0.362 e. The van der Waals surface area contributed by atoms with E-state index in [1.165, 1.54) is 33.5 Å². The first kappa shape index (κ1) is 28.4. The molecule has 0 fully saturated rings. The topological polar surface area (TPSA) is 181 Å². The van der Waals surface area contributed by atoms with E-state index in [1.54, 1.807) is 24.4 Å². The molecule has 2 aromatic carbocycles. The summed E-state index contributed by atoms with van der Waals surface area (Å²) in [5.74, 6) is 5.05. The highest BCUT2D eigenvalue weighted by Crippen LogP contribution is 2.33. The summed E-state index contributed by atoms with van der Waals surface area (Å²) in [5.41, 5.74) is 13.6. The van der Waals surface area contributed by atoms with Crippen LogP contribution in [-0.2, 0) is 20.8 Å². The molecule has 3 aromatic rings. The number of ketones is 1. The van der Waals surface area contributed by atoms with Crippen LogP contribution < -0.4 is 20.9 Å². The van der Waals surface area contributed by atoms with Crippen LogP contribution in [0.2, 0.25) is 0 Å². The second-order valence-electron chi connectivity index (χ2n) is 7.92. The number of aromatic nitrogens is 2. The first-order valence-corrected chi connectivity index (χ1v) is 11.5. The molecule has 0 saturated heterocycles. The Labute approximate surface area is 224 Å². The molecule has 5 N–H and O–H groups in total. The number of nitrogen functional groups attached to an aromatic ring is 2. The van der Waals surface area contributed by atoms with Gasteiger partial charge in [0.25, 0.3) is 0 Å². The van der Waals surface area contributed by atoms with Crippen LogP contribution in [0.15, 0.2) is 47.8 Å². The zero-order valence-electron chi connectivity index (χ0n) is 21.6. The monoisotopic (exact) mass is 533 g/mol. The maximum absolute atomic E-state index is 12.6. The minimum atomic E-state index is -1.51. The zero-order chi connectivity index (χ0) is 28.4. The van der Waals surface area contributed by atoms with Gasteiger partial charge in [0.1, 0.15) is 12.4 Å². The summed E-state index contributed by atoms with van der Waals surface area (Å²) >= 11 is 0. The highest BCUT2D eigenvalue weighted by Gasteiger charge is 2.22. The van der Waals surface area contributed by atoms with Crippen molar-refractivity contribution in [2.24, 2.45) is 5.16 Å². The average Bonchev–Trinajstić information content (AvgIpc) is 2.92. The van der Waals surface area contributed by atoms with Crippen LogP contribution in [0.1, 0.15) is 32.6 Å².